The van der Waals surface area contributed by atoms with Crippen LogP contribution in [0.25, 0.3) is 0 Å². The number of nitrogens with zero attached hydrogens (tertiary/aromatic N) is 1. The van der Waals surface area contributed by atoms with Gasteiger partial charge in [-0.15, -0.1) is 0 Å². The van der Waals surface area contributed by atoms with Crippen molar-refractivity contribution < 1.29 is 9.59 Å². The Morgan fingerprint density at radius 1 is 1.20 bits per heavy atom. The predicted molar refractivity (Wildman–Crippen MR) is 58.5 cm³/mol. The van der Waals surface area contributed by atoms with Crippen molar-refractivity contribution in [3.8, 4) is 0 Å². The molecule has 1 aromatic rings. The number of hydrogen-bond acceptors (Lipinski definition) is 2. The van der Waals surface area contributed by atoms with Crippen molar-refractivity contribution in [1.82, 2.24) is 0 Å². The second-order valence-electron chi connectivity index (χ2n) is 3.50. The Bertz CT molecular complexity index is 413. The van der Waals surface area contributed by atoms with E-state index in [-0.39, 0.29) is 0 Å². The largest absolute Gasteiger partial charge is 0.361 e. The number of nitrogens with two attached hydrogens (primary N) is 1. The van der Waals surface area contributed by atoms with Crippen LogP contribution >= 0.6 is 0 Å². The first-order chi connectivity index (χ1) is 6.93. The highest BCUT2D eigenvalue weighted by molar-refractivity contribution is 6.39. The third-order valence-electron chi connectivity index (χ3n) is 2.39. The number of hydrogen-bond donors (Lipinski definition) is 1. The van der Waals surface area contributed by atoms with Crippen LogP contribution in [0.5, 0.6) is 0 Å². The molecule has 4 nitrogen and oxygen atoms in total. The van der Waals surface area contributed by atoms with Crippen molar-refractivity contribution in [1.29, 1.82) is 0 Å². The third-order valence-corrected chi connectivity index (χ3v) is 2.39. The molecule has 0 atom stereocenters. The summed E-state index contributed by atoms with van der Waals surface area (Å²) in [5, 5.41) is 0. The molecule has 0 bridgehead atoms. The van der Waals surface area contributed by atoms with Gasteiger partial charge >= 0.3 is 11.8 Å². The smallest absolute Gasteiger partial charge is 0.315 e. The SMILES string of the molecule is Cc1ccc(N(C)C(=O)C(N)=O)cc1C. The molecule has 4 heteroatoms. The molecule has 2 N–H and O–H groups in total. The lowest BCUT2D eigenvalue weighted by atomic mass is 10.1. The van der Waals surface area contributed by atoms with E-state index < -0.39 is 11.8 Å². The van der Waals surface area contributed by atoms with E-state index in [0.29, 0.717) is 5.69 Å². The number of amides is 2. The first kappa shape index (κ1) is 11.2. The normalized spacial score (nSPS) is 9.80. The molecule has 1 rings (SSSR count). The summed E-state index contributed by atoms with van der Waals surface area (Å²) < 4.78 is 0. The monoisotopic (exact) mass is 206 g/mol. The summed E-state index contributed by atoms with van der Waals surface area (Å²) in [6.45, 7) is 3.93. The van der Waals surface area contributed by atoms with E-state index in [9.17, 15) is 9.59 Å². The number of benzene rings is 1. The fourth-order valence-electron chi connectivity index (χ4n) is 1.22. The Balaban J connectivity index is 3.02. The van der Waals surface area contributed by atoms with Gasteiger partial charge in [-0.1, -0.05) is 6.07 Å². The summed E-state index contributed by atoms with van der Waals surface area (Å²) in [6.07, 6.45) is 0. The minimum Gasteiger partial charge on any atom is -0.361 e. The molecule has 0 aliphatic rings. The Labute approximate surface area is 88.7 Å². The van der Waals surface area contributed by atoms with E-state index in [1.165, 1.54) is 11.9 Å². The highest BCUT2D eigenvalue weighted by Crippen LogP contribution is 2.17. The molecule has 0 unspecified atom stereocenters. The number of primary amides is 1. The van der Waals surface area contributed by atoms with Gasteiger partial charge in [0.25, 0.3) is 0 Å². The van der Waals surface area contributed by atoms with Crippen LogP contribution in [0.1, 0.15) is 11.1 Å². The minimum atomic E-state index is -0.948. The molecule has 0 saturated heterocycles. The topological polar surface area (TPSA) is 63.4 Å². The zero-order valence-corrected chi connectivity index (χ0v) is 9.07. The Hall–Kier alpha value is -1.84. The zero-order chi connectivity index (χ0) is 11.6. The Kier molecular flexibility index (Phi) is 3.09. The molecule has 15 heavy (non-hydrogen) atoms. The van der Waals surface area contributed by atoms with E-state index in [2.05, 4.69) is 0 Å². The summed E-state index contributed by atoms with van der Waals surface area (Å²) in [5.41, 5.74) is 7.78. The van der Waals surface area contributed by atoms with Gasteiger partial charge in [0.05, 0.1) is 0 Å². The standard InChI is InChI=1S/C11H14N2O2/c1-7-4-5-9(6-8(7)2)13(3)11(15)10(12)14/h4-6H,1-3H3,(H2,12,14). The summed E-state index contributed by atoms with van der Waals surface area (Å²) in [4.78, 5) is 23.2. The molecule has 80 valence electrons. The lowest BCUT2D eigenvalue weighted by Gasteiger charge is -2.16. The number of carbonyl (C=O) groups is 2. The first-order valence-corrected chi connectivity index (χ1v) is 4.58. The predicted octanol–water partition coefficient (Wildman–Crippen LogP) is 0.752. The molecule has 0 aliphatic heterocycles. The highest BCUT2D eigenvalue weighted by atomic mass is 16.2. The third kappa shape index (κ3) is 2.34. The van der Waals surface area contributed by atoms with Crippen molar-refractivity contribution in [2.24, 2.45) is 5.73 Å². The van der Waals surface area contributed by atoms with E-state index in [1.807, 2.05) is 26.0 Å². The van der Waals surface area contributed by atoms with Gasteiger partial charge in [0, 0.05) is 12.7 Å². The van der Waals surface area contributed by atoms with Gasteiger partial charge in [-0.3, -0.25) is 9.59 Å². The van der Waals surface area contributed by atoms with Crippen LogP contribution < -0.4 is 10.6 Å². The second kappa shape index (κ2) is 4.13. The van der Waals surface area contributed by atoms with Gasteiger partial charge in [-0.05, 0) is 37.1 Å². The number of anilines is 1. The molecular formula is C11H14N2O2. The molecule has 0 saturated carbocycles. The quantitative estimate of drug-likeness (QED) is 0.689. The number of carbonyl (C=O) groups excluding carboxylic acids is 2. The molecule has 0 radical (unpaired) electrons. The molecular weight excluding hydrogens is 192 g/mol. The molecule has 2 amide bonds. The van der Waals surface area contributed by atoms with Gasteiger partial charge in [0.1, 0.15) is 0 Å². The second-order valence-corrected chi connectivity index (χ2v) is 3.50. The van der Waals surface area contributed by atoms with E-state index >= 15 is 0 Å². The maximum absolute atomic E-state index is 11.3. The lowest BCUT2D eigenvalue weighted by Crippen LogP contribution is -2.37. The molecule has 0 aliphatic carbocycles. The fraction of sp³-hybridized carbons (Fsp3) is 0.273. The summed E-state index contributed by atoms with van der Waals surface area (Å²) in [6, 6.07) is 5.52. The van der Waals surface area contributed by atoms with Gasteiger partial charge in [0.2, 0.25) is 0 Å². The van der Waals surface area contributed by atoms with Crippen LogP contribution in [-0.2, 0) is 9.59 Å². The number of rotatable bonds is 1. The van der Waals surface area contributed by atoms with Crippen molar-refractivity contribution in [2.45, 2.75) is 13.8 Å². The van der Waals surface area contributed by atoms with Crippen LogP contribution in [-0.4, -0.2) is 18.9 Å². The van der Waals surface area contributed by atoms with Gasteiger partial charge < -0.3 is 10.6 Å². The maximum atomic E-state index is 11.3. The van der Waals surface area contributed by atoms with Crippen LogP contribution in [0.4, 0.5) is 5.69 Å². The molecule has 0 aromatic heterocycles. The van der Waals surface area contributed by atoms with E-state index in [4.69, 9.17) is 5.73 Å². The Morgan fingerprint density at radius 2 is 1.80 bits per heavy atom. The molecule has 0 fully saturated rings. The van der Waals surface area contributed by atoms with Crippen molar-refractivity contribution in [3.63, 3.8) is 0 Å². The fourth-order valence-corrected chi connectivity index (χ4v) is 1.22. The lowest BCUT2D eigenvalue weighted by molar-refractivity contribution is -0.135. The maximum Gasteiger partial charge on any atom is 0.315 e. The summed E-state index contributed by atoms with van der Waals surface area (Å²) in [5.74, 6) is -1.66. The molecule has 1 aromatic carbocycles. The van der Waals surface area contributed by atoms with Crippen LogP contribution in [0.3, 0.4) is 0 Å². The van der Waals surface area contributed by atoms with Crippen molar-refractivity contribution in [3.05, 3.63) is 29.3 Å². The average molecular weight is 206 g/mol. The average Bonchev–Trinajstić information content (AvgIpc) is 2.19. The van der Waals surface area contributed by atoms with Crippen molar-refractivity contribution in [2.75, 3.05) is 11.9 Å². The van der Waals surface area contributed by atoms with Crippen LogP contribution in [0.15, 0.2) is 18.2 Å². The minimum absolute atomic E-state index is 0.668. The number of aryl methyl sites for hydroxylation is 2. The Morgan fingerprint density at radius 3 is 2.27 bits per heavy atom. The van der Waals surface area contributed by atoms with Gasteiger partial charge in [-0.2, -0.15) is 0 Å². The van der Waals surface area contributed by atoms with Crippen molar-refractivity contribution >= 4 is 17.5 Å². The van der Waals surface area contributed by atoms with Gasteiger partial charge in [0.15, 0.2) is 0 Å². The van der Waals surface area contributed by atoms with Gasteiger partial charge in [-0.25, -0.2) is 0 Å². The van der Waals surface area contributed by atoms with E-state index in [0.717, 1.165) is 11.1 Å². The van der Waals surface area contributed by atoms with Crippen LogP contribution in [0, 0.1) is 13.8 Å². The van der Waals surface area contributed by atoms with Crippen LogP contribution in [0.2, 0.25) is 0 Å². The number of likely N-dealkylation sites (N-methyl/N-ethyl adjacent to an activating group) is 1. The summed E-state index contributed by atoms with van der Waals surface area (Å²) >= 11 is 0. The first-order valence-electron chi connectivity index (χ1n) is 4.58. The summed E-state index contributed by atoms with van der Waals surface area (Å²) in [7, 11) is 1.52. The molecule has 0 heterocycles. The zero-order valence-electron chi connectivity index (χ0n) is 9.07. The molecule has 0 spiro atoms. The van der Waals surface area contributed by atoms with E-state index in [1.54, 1.807) is 6.07 Å². The highest BCUT2D eigenvalue weighted by Gasteiger charge is 2.16.